The van der Waals surface area contributed by atoms with Gasteiger partial charge in [0, 0.05) is 23.0 Å². The lowest BCUT2D eigenvalue weighted by molar-refractivity contribution is -0.119. The molecule has 0 atom stereocenters. The van der Waals surface area contributed by atoms with Gasteiger partial charge < -0.3 is 0 Å². The summed E-state index contributed by atoms with van der Waals surface area (Å²) in [7, 11) is 1.45. The first-order valence-corrected chi connectivity index (χ1v) is 5.92. The van der Waals surface area contributed by atoms with E-state index in [1.807, 2.05) is 0 Å². The lowest BCUT2D eigenvalue weighted by Gasteiger charge is -1.93. The van der Waals surface area contributed by atoms with Crippen LogP contribution in [0.25, 0.3) is 0 Å². The van der Waals surface area contributed by atoms with Crippen molar-refractivity contribution in [2.24, 2.45) is 5.92 Å². The maximum Gasteiger partial charge on any atom is 0.233 e. The van der Waals surface area contributed by atoms with Gasteiger partial charge in [0.2, 0.25) is 9.05 Å². The van der Waals surface area contributed by atoms with E-state index in [1.54, 1.807) is 0 Å². The lowest BCUT2D eigenvalue weighted by atomic mass is 10.2. The SMILES string of the molecule is O=C(CCS(=O)(=O)Cl)C1CC1. The maximum atomic E-state index is 10.9. The summed E-state index contributed by atoms with van der Waals surface area (Å²) >= 11 is 0. The highest BCUT2D eigenvalue weighted by Gasteiger charge is 2.29. The van der Waals surface area contributed by atoms with Crippen molar-refractivity contribution in [2.45, 2.75) is 19.3 Å². The predicted octanol–water partition coefficient (Wildman–Crippen LogP) is 0.924. The Hall–Kier alpha value is -0.0900. The minimum Gasteiger partial charge on any atom is -0.299 e. The van der Waals surface area contributed by atoms with Gasteiger partial charge in [0.15, 0.2) is 0 Å². The Balaban J connectivity index is 2.26. The first-order chi connectivity index (χ1) is 4.99. The van der Waals surface area contributed by atoms with Gasteiger partial charge in [0.1, 0.15) is 5.78 Å². The van der Waals surface area contributed by atoms with Crippen molar-refractivity contribution in [2.75, 3.05) is 5.75 Å². The molecule has 64 valence electrons. The van der Waals surface area contributed by atoms with E-state index in [-0.39, 0.29) is 23.9 Å². The highest BCUT2D eigenvalue weighted by Crippen LogP contribution is 2.30. The molecule has 1 fully saturated rings. The van der Waals surface area contributed by atoms with Crippen LogP contribution in [-0.2, 0) is 13.8 Å². The maximum absolute atomic E-state index is 10.9. The average molecular weight is 197 g/mol. The Kier molecular flexibility index (Phi) is 2.54. The van der Waals surface area contributed by atoms with Gasteiger partial charge in [-0.05, 0) is 12.8 Å². The van der Waals surface area contributed by atoms with Crippen molar-refractivity contribution < 1.29 is 13.2 Å². The van der Waals surface area contributed by atoms with Crippen LogP contribution in [0, 0.1) is 5.92 Å². The van der Waals surface area contributed by atoms with E-state index < -0.39 is 9.05 Å². The largest absolute Gasteiger partial charge is 0.299 e. The zero-order valence-electron chi connectivity index (χ0n) is 5.92. The van der Waals surface area contributed by atoms with Crippen molar-refractivity contribution in [1.29, 1.82) is 0 Å². The molecule has 11 heavy (non-hydrogen) atoms. The van der Waals surface area contributed by atoms with E-state index in [2.05, 4.69) is 0 Å². The molecule has 3 nitrogen and oxygen atoms in total. The molecule has 0 aromatic heterocycles. The summed E-state index contributed by atoms with van der Waals surface area (Å²) in [5.41, 5.74) is 0. The molecule has 0 aromatic rings. The van der Waals surface area contributed by atoms with Gasteiger partial charge in [0.25, 0.3) is 0 Å². The number of rotatable bonds is 4. The van der Waals surface area contributed by atoms with Crippen LogP contribution in [-0.4, -0.2) is 20.0 Å². The number of hydrogen-bond acceptors (Lipinski definition) is 3. The van der Waals surface area contributed by atoms with Gasteiger partial charge in [-0.3, -0.25) is 4.79 Å². The zero-order chi connectivity index (χ0) is 8.48. The van der Waals surface area contributed by atoms with Crippen LogP contribution >= 0.6 is 10.7 Å². The van der Waals surface area contributed by atoms with Gasteiger partial charge in [-0.1, -0.05) is 0 Å². The molecule has 0 saturated heterocycles. The molecule has 1 saturated carbocycles. The molecule has 5 heteroatoms. The molecule has 0 amide bonds. The Bertz CT molecular complexity index is 253. The Labute approximate surface area is 70.2 Å². The number of hydrogen-bond donors (Lipinski definition) is 0. The van der Waals surface area contributed by atoms with Gasteiger partial charge in [-0.25, -0.2) is 8.42 Å². The minimum absolute atomic E-state index is 0.0363. The van der Waals surface area contributed by atoms with Crippen molar-refractivity contribution in [3.63, 3.8) is 0 Å². The molecule has 0 aromatic carbocycles. The molecular weight excluding hydrogens is 188 g/mol. The molecule has 1 aliphatic carbocycles. The third kappa shape index (κ3) is 3.72. The third-order valence-corrected chi connectivity index (χ3v) is 2.78. The highest BCUT2D eigenvalue weighted by molar-refractivity contribution is 8.13. The van der Waals surface area contributed by atoms with Crippen LogP contribution in [0.4, 0.5) is 0 Å². The normalized spacial score (nSPS) is 18.3. The third-order valence-electron chi connectivity index (χ3n) is 1.62. The lowest BCUT2D eigenvalue weighted by Crippen LogP contribution is -2.07. The minimum atomic E-state index is -3.47. The van der Waals surface area contributed by atoms with Crippen LogP contribution in [0.15, 0.2) is 0 Å². The molecule has 0 radical (unpaired) electrons. The summed E-state index contributed by atoms with van der Waals surface area (Å²) in [5.74, 6) is -0.0493. The van der Waals surface area contributed by atoms with Crippen molar-refractivity contribution in [3.05, 3.63) is 0 Å². The van der Waals surface area contributed by atoms with Crippen LogP contribution in [0.3, 0.4) is 0 Å². The first-order valence-electron chi connectivity index (χ1n) is 3.44. The Morgan fingerprint density at radius 1 is 1.45 bits per heavy atom. The van der Waals surface area contributed by atoms with Gasteiger partial charge >= 0.3 is 0 Å². The monoisotopic (exact) mass is 196 g/mol. The summed E-state index contributed by atoms with van der Waals surface area (Å²) < 4.78 is 20.8. The quantitative estimate of drug-likeness (QED) is 0.629. The number of carbonyl (C=O) groups excluding carboxylic acids is 1. The summed E-state index contributed by atoms with van der Waals surface area (Å²) in [6, 6.07) is 0. The molecule has 0 unspecified atom stereocenters. The molecule has 1 aliphatic rings. The second kappa shape index (κ2) is 3.11. The van der Waals surface area contributed by atoms with Crippen molar-refractivity contribution in [3.8, 4) is 0 Å². The van der Waals surface area contributed by atoms with E-state index in [0.29, 0.717) is 0 Å². The molecule has 0 aliphatic heterocycles. The van der Waals surface area contributed by atoms with Crippen molar-refractivity contribution in [1.82, 2.24) is 0 Å². The molecule has 0 bridgehead atoms. The molecular formula is C6H9ClO3S. The average Bonchev–Trinajstić information content (AvgIpc) is 2.61. The van der Waals surface area contributed by atoms with Gasteiger partial charge in [-0.2, -0.15) is 0 Å². The fourth-order valence-corrected chi connectivity index (χ4v) is 1.51. The van der Waals surface area contributed by atoms with E-state index >= 15 is 0 Å². The van der Waals surface area contributed by atoms with E-state index in [9.17, 15) is 13.2 Å². The molecule has 0 N–H and O–H groups in total. The standard InChI is InChI=1S/C6H9ClO3S/c7-11(9,10)4-3-6(8)5-1-2-5/h5H,1-4H2. The fourth-order valence-electron chi connectivity index (χ4n) is 0.832. The second-order valence-electron chi connectivity index (χ2n) is 2.73. The van der Waals surface area contributed by atoms with Gasteiger partial charge in [-0.15, -0.1) is 0 Å². The summed E-state index contributed by atoms with van der Waals surface area (Å²) in [6.45, 7) is 0. The Morgan fingerprint density at radius 2 is 2.00 bits per heavy atom. The van der Waals surface area contributed by atoms with E-state index in [1.165, 1.54) is 0 Å². The van der Waals surface area contributed by atoms with Gasteiger partial charge in [0.05, 0.1) is 5.75 Å². The summed E-state index contributed by atoms with van der Waals surface area (Å²) in [4.78, 5) is 10.9. The van der Waals surface area contributed by atoms with Crippen molar-refractivity contribution >= 4 is 25.5 Å². The summed E-state index contributed by atoms with van der Waals surface area (Å²) in [6.07, 6.45) is 1.92. The predicted molar refractivity (Wildman–Crippen MR) is 42.0 cm³/mol. The van der Waals surface area contributed by atoms with E-state index in [4.69, 9.17) is 10.7 Å². The zero-order valence-corrected chi connectivity index (χ0v) is 7.49. The fraction of sp³-hybridized carbons (Fsp3) is 0.833. The first kappa shape index (κ1) is 9.00. The Morgan fingerprint density at radius 3 is 2.36 bits per heavy atom. The molecule has 1 rings (SSSR count). The highest BCUT2D eigenvalue weighted by atomic mass is 35.7. The van der Waals surface area contributed by atoms with Crippen LogP contribution in [0.2, 0.25) is 0 Å². The number of Topliss-reactive ketones (excluding diaryl/α,β-unsaturated/α-hetero) is 1. The number of carbonyl (C=O) groups is 1. The second-order valence-corrected chi connectivity index (χ2v) is 5.63. The van der Waals surface area contributed by atoms with E-state index in [0.717, 1.165) is 12.8 Å². The topological polar surface area (TPSA) is 51.2 Å². The van der Waals surface area contributed by atoms with Crippen LogP contribution in [0.1, 0.15) is 19.3 Å². The molecule has 0 heterocycles. The smallest absolute Gasteiger partial charge is 0.233 e. The van der Waals surface area contributed by atoms with Crippen LogP contribution < -0.4 is 0 Å². The van der Waals surface area contributed by atoms with Crippen LogP contribution in [0.5, 0.6) is 0 Å². The number of halogens is 1. The summed E-state index contributed by atoms with van der Waals surface area (Å²) in [5, 5.41) is 0. The molecule has 0 spiro atoms. The number of ketones is 1.